The Morgan fingerprint density at radius 3 is 2.28 bits per heavy atom. The fourth-order valence-electron chi connectivity index (χ4n) is 3.46. The number of benzene rings is 2. The Balaban J connectivity index is 0.00000456. The molecule has 36 heavy (non-hydrogen) atoms. The number of thiazole rings is 1. The number of carbonyl (C=O) groups excluding carboxylic acids is 1. The van der Waals surface area contributed by atoms with Crippen LogP contribution in [-0.4, -0.2) is 68.8 Å². The van der Waals surface area contributed by atoms with Crippen molar-refractivity contribution in [2.75, 3.05) is 45.2 Å². The molecule has 0 N–H and O–H groups in total. The Labute approximate surface area is 222 Å². The minimum atomic E-state index is -3.77. The zero-order chi connectivity index (χ0) is 25.6. The van der Waals surface area contributed by atoms with Gasteiger partial charge in [-0.2, -0.15) is 4.31 Å². The first-order valence-electron chi connectivity index (χ1n) is 11.0. The van der Waals surface area contributed by atoms with Crippen molar-refractivity contribution in [2.24, 2.45) is 0 Å². The molecule has 194 valence electrons. The van der Waals surface area contributed by atoms with E-state index in [0.29, 0.717) is 33.9 Å². The molecule has 0 bridgehead atoms. The second kappa shape index (κ2) is 13.1. The molecule has 3 aromatic rings. The van der Waals surface area contributed by atoms with E-state index in [1.54, 1.807) is 11.0 Å². The van der Waals surface area contributed by atoms with E-state index in [1.165, 1.54) is 64.2 Å². The summed E-state index contributed by atoms with van der Waals surface area (Å²) in [6.45, 7) is 8.69. The van der Waals surface area contributed by atoms with Crippen molar-refractivity contribution in [2.45, 2.75) is 11.3 Å². The average molecular weight is 553 g/mol. The van der Waals surface area contributed by atoms with E-state index in [4.69, 9.17) is 0 Å². The van der Waals surface area contributed by atoms with E-state index in [0.717, 1.165) is 6.54 Å². The molecule has 0 aliphatic heterocycles. The maximum Gasteiger partial charge on any atom is 0.260 e. The lowest BCUT2D eigenvalue weighted by molar-refractivity contribution is 0.0986. The molecule has 0 atom stereocenters. The first-order chi connectivity index (χ1) is 16.7. The van der Waals surface area contributed by atoms with Crippen molar-refractivity contribution in [3.05, 3.63) is 79.2 Å². The lowest BCUT2D eigenvalue weighted by Gasteiger charge is -2.22. The molecule has 0 saturated heterocycles. The molecule has 2 aromatic carbocycles. The van der Waals surface area contributed by atoms with Gasteiger partial charge in [-0.05, 0) is 69.5 Å². The molecule has 7 nitrogen and oxygen atoms in total. The fourth-order valence-corrected chi connectivity index (χ4v) is 5.86. The average Bonchev–Trinajstić information content (AvgIpc) is 3.24. The van der Waals surface area contributed by atoms with Crippen molar-refractivity contribution in [3.8, 4) is 0 Å². The summed E-state index contributed by atoms with van der Waals surface area (Å²) < 4.78 is 41.5. The van der Waals surface area contributed by atoms with Gasteiger partial charge >= 0.3 is 0 Å². The van der Waals surface area contributed by atoms with Gasteiger partial charge in [0.2, 0.25) is 10.0 Å². The van der Waals surface area contributed by atoms with Gasteiger partial charge in [0.25, 0.3) is 5.91 Å². The van der Waals surface area contributed by atoms with Crippen LogP contribution >= 0.6 is 23.7 Å². The predicted molar refractivity (Wildman–Crippen MR) is 147 cm³/mol. The molecule has 0 aliphatic carbocycles. The highest BCUT2D eigenvalue weighted by atomic mass is 35.5. The number of amides is 1. The number of aromatic nitrogens is 1. The largest absolute Gasteiger partial charge is 0.309 e. The van der Waals surface area contributed by atoms with Gasteiger partial charge in [-0.15, -0.1) is 25.6 Å². The van der Waals surface area contributed by atoms with E-state index >= 15 is 0 Å². The normalized spacial score (nSPS) is 11.5. The number of hydrogen-bond donors (Lipinski definition) is 0. The standard InChI is InChI=1S/C25H29FN4O3S2.ClH/c1-5-14-29(15-6-2)35(32,33)21-11-8-19(9-12-21)24(31)30(17-7-16-28(3)4)25-27-22-13-10-20(26)18-23(22)34-25;/h5-6,8-13,18H,1-2,7,14-17H2,3-4H3;1H. The number of anilines is 1. The maximum absolute atomic E-state index is 13.7. The molecule has 11 heteroatoms. The molecular weight excluding hydrogens is 523 g/mol. The molecule has 1 amide bonds. The topological polar surface area (TPSA) is 73.8 Å². The van der Waals surface area contributed by atoms with Crippen LogP contribution in [0.3, 0.4) is 0 Å². The highest BCUT2D eigenvalue weighted by Gasteiger charge is 2.25. The Hall–Kier alpha value is -2.63. The van der Waals surface area contributed by atoms with Gasteiger partial charge in [0, 0.05) is 25.2 Å². The van der Waals surface area contributed by atoms with Crippen molar-refractivity contribution < 1.29 is 17.6 Å². The quantitative estimate of drug-likeness (QED) is 0.301. The highest BCUT2D eigenvalue weighted by molar-refractivity contribution is 7.89. The SMILES string of the molecule is C=CCN(CC=C)S(=O)(=O)c1ccc(C(=O)N(CCCN(C)C)c2nc3ccc(F)cc3s2)cc1.Cl. The first-order valence-corrected chi connectivity index (χ1v) is 13.3. The first kappa shape index (κ1) is 29.6. The third-order valence-electron chi connectivity index (χ3n) is 5.21. The molecule has 0 radical (unpaired) electrons. The molecule has 1 aromatic heterocycles. The van der Waals surface area contributed by atoms with Gasteiger partial charge in [-0.25, -0.2) is 17.8 Å². The van der Waals surface area contributed by atoms with Crippen LogP contribution in [0.2, 0.25) is 0 Å². The summed E-state index contributed by atoms with van der Waals surface area (Å²) in [6.07, 6.45) is 3.72. The second-order valence-electron chi connectivity index (χ2n) is 8.15. The van der Waals surface area contributed by atoms with Gasteiger partial charge in [0.1, 0.15) is 5.82 Å². The monoisotopic (exact) mass is 552 g/mol. The van der Waals surface area contributed by atoms with Crippen LogP contribution in [-0.2, 0) is 10.0 Å². The lowest BCUT2D eigenvalue weighted by Crippen LogP contribution is -2.33. The van der Waals surface area contributed by atoms with Crippen molar-refractivity contribution >= 4 is 55.0 Å². The lowest BCUT2D eigenvalue weighted by atomic mass is 10.2. The summed E-state index contributed by atoms with van der Waals surface area (Å²) in [4.78, 5) is 21.7. The van der Waals surface area contributed by atoms with Gasteiger partial charge in [-0.1, -0.05) is 23.5 Å². The van der Waals surface area contributed by atoms with Gasteiger partial charge in [0.15, 0.2) is 5.13 Å². The molecular formula is C25H30ClFN4O3S2. The molecule has 0 unspecified atom stereocenters. The third-order valence-corrected chi connectivity index (χ3v) is 8.09. The minimum Gasteiger partial charge on any atom is -0.309 e. The minimum absolute atomic E-state index is 0. The Kier molecular flexibility index (Phi) is 10.7. The summed E-state index contributed by atoms with van der Waals surface area (Å²) >= 11 is 1.24. The zero-order valence-electron chi connectivity index (χ0n) is 20.3. The van der Waals surface area contributed by atoms with Crippen molar-refractivity contribution in [1.82, 2.24) is 14.2 Å². The third kappa shape index (κ3) is 6.98. The van der Waals surface area contributed by atoms with E-state index in [-0.39, 0.29) is 42.1 Å². The molecule has 0 saturated carbocycles. The summed E-state index contributed by atoms with van der Waals surface area (Å²) in [5.41, 5.74) is 0.945. The van der Waals surface area contributed by atoms with Crippen molar-refractivity contribution in [1.29, 1.82) is 0 Å². The van der Waals surface area contributed by atoms with Crippen LogP contribution in [0.15, 0.2) is 72.7 Å². The van der Waals surface area contributed by atoms with E-state index in [2.05, 4.69) is 18.1 Å². The Morgan fingerprint density at radius 2 is 1.69 bits per heavy atom. The number of halogens is 2. The smallest absolute Gasteiger partial charge is 0.260 e. The fraction of sp³-hybridized carbons (Fsp3) is 0.280. The molecule has 1 heterocycles. The Morgan fingerprint density at radius 1 is 1.06 bits per heavy atom. The van der Waals surface area contributed by atoms with Crippen LogP contribution in [0.1, 0.15) is 16.8 Å². The zero-order valence-corrected chi connectivity index (χ0v) is 22.7. The molecule has 0 aliphatic rings. The van der Waals surface area contributed by atoms with Crippen LogP contribution < -0.4 is 4.90 Å². The number of carbonyl (C=O) groups is 1. The highest BCUT2D eigenvalue weighted by Crippen LogP contribution is 2.30. The number of nitrogens with zero attached hydrogens (tertiary/aromatic N) is 4. The second-order valence-corrected chi connectivity index (χ2v) is 11.1. The van der Waals surface area contributed by atoms with Crippen LogP contribution in [0.4, 0.5) is 9.52 Å². The molecule has 3 rings (SSSR count). The van der Waals surface area contributed by atoms with Crippen LogP contribution in [0.25, 0.3) is 10.2 Å². The van der Waals surface area contributed by atoms with Gasteiger partial charge < -0.3 is 4.90 Å². The number of hydrogen-bond acceptors (Lipinski definition) is 6. The van der Waals surface area contributed by atoms with Gasteiger partial charge in [-0.3, -0.25) is 9.69 Å². The summed E-state index contributed by atoms with van der Waals surface area (Å²) in [5, 5.41) is 0.467. The van der Waals surface area contributed by atoms with Crippen LogP contribution in [0.5, 0.6) is 0 Å². The van der Waals surface area contributed by atoms with E-state index in [9.17, 15) is 17.6 Å². The summed E-state index contributed by atoms with van der Waals surface area (Å²) in [7, 11) is 0.134. The van der Waals surface area contributed by atoms with Crippen molar-refractivity contribution in [3.63, 3.8) is 0 Å². The Bertz CT molecular complexity index is 1300. The maximum atomic E-state index is 13.7. The summed E-state index contributed by atoms with van der Waals surface area (Å²) in [6, 6.07) is 10.2. The predicted octanol–water partition coefficient (Wildman–Crippen LogP) is 4.82. The number of rotatable bonds is 12. The number of fused-ring (bicyclic) bond motifs is 1. The molecule has 0 spiro atoms. The summed E-state index contributed by atoms with van der Waals surface area (Å²) in [5.74, 6) is -0.668. The van der Waals surface area contributed by atoms with Crippen LogP contribution in [0, 0.1) is 5.82 Å². The molecule has 0 fully saturated rings. The van der Waals surface area contributed by atoms with Gasteiger partial charge in [0.05, 0.1) is 15.1 Å². The van der Waals surface area contributed by atoms with E-state index in [1.807, 2.05) is 19.0 Å². The van der Waals surface area contributed by atoms with E-state index < -0.39 is 10.0 Å². The number of sulfonamides is 1.